The fourth-order valence-corrected chi connectivity index (χ4v) is 2.33. The normalized spacial score (nSPS) is 19.5. The van der Waals surface area contributed by atoms with E-state index in [1.54, 1.807) is 0 Å². The van der Waals surface area contributed by atoms with Gasteiger partial charge < -0.3 is 9.47 Å². The average Bonchev–Trinajstić information content (AvgIpc) is 2.38. The maximum atomic E-state index is 6.08. The van der Waals surface area contributed by atoms with E-state index < -0.39 is 0 Å². The number of ether oxygens (including phenoxy) is 2. The van der Waals surface area contributed by atoms with Gasteiger partial charge in [0.1, 0.15) is 11.9 Å². The van der Waals surface area contributed by atoms with Crippen LogP contribution in [0.1, 0.15) is 13.3 Å². The first kappa shape index (κ1) is 12.2. The number of hydrogen-bond acceptors (Lipinski definition) is 2. The van der Waals surface area contributed by atoms with Crippen molar-refractivity contribution in [2.45, 2.75) is 25.6 Å². The lowest BCUT2D eigenvalue weighted by Gasteiger charge is -2.32. The van der Waals surface area contributed by atoms with Crippen molar-refractivity contribution >= 4 is 0 Å². The number of para-hydroxylation sites is 1. The second-order valence-corrected chi connectivity index (χ2v) is 4.88. The summed E-state index contributed by atoms with van der Waals surface area (Å²) in [7, 11) is 0. The van der Waals surface area contributed by atoms with Crippen LogP contribution in [-0.2, 0) is 4.74 Å². The summed E-state index contributed by atoms with van der Waals surface area (Å²) >= 11 is 0. The molecule has 0 spiro atoms. The molecule has 98 valence electrons. The maximum absolute atomic E-state index is 6.08. The van der Waals surface area contributed by atoms with Crippen LogP contribution >= 0.6 is 0 Å². The molecule has 2 aromatic carbocycles. The predicted molar refractivity (Wildman–Crippen MR) is 76.3 cm³/mol. The summed E-state index contributed by atoms with van der Waals surface area (Å²) in [6, 6.07) is 18.5. The second kappa shape index (κ2) is 5.45. The molecule has 0 aliphatic carbocycles. The van der Waals surface area contributed by atoms with E-state index in [4.69, 9.17) is 9.47 Å². The maximum Gasteiger partial charge on any atom is 0.127 e. The monoisotopic (exact) mass is 254 g/mol. The highest BCUT2D eigenvalue weighted by molar-refractivity contribution is 5.70. The lowest BCUT2D eigenvalue weighted by Crippen LogP contribution is -2.39. The molecular formula is C17H18O2. The summed E-state index contributed by atoms with van der Waals surface area (Å²) in [5.41, 5.74) is 2.31. The Hall–Kier alpha value is -1.80. The van der Waals surface area contributed by atoms with Crippen molar-refractivity contribution in [2.24, 2.45) is 0 Å². The van der Waals surface area contributed by atoms with Gasteiger partial charge in [-0.15, -0.1) is 0 Å². The lowest BCUT2D eigenvalue weighted by molar-refractivity contribution is -0.102. The summed E-state index contributed by atoms with van der Waals surface area (Å²) in [5, 5.41) is 0. The SMILES string of the molecule is CC(Oc1ccccc1-c1ccccc1)C1CCO1. The molecule has 0 amide bonds. The van der Waals surface area contributed by atoms with Crippen molar-refractivity contribution in [1.29, 1.82) is 0 Å². The van der Waals surface area contributed by atoms with E-state index in [9.17, 15) is 0 Å². The summed E-state index contributed by atoms with van der Waals surface area (Å²) < 4.78 is 11.6. The highest BCUT2D eigenvalue weighted by atomic mass is 16.6. The molecule has 1 heterocycles. The van der Waals surface area contributed by atoms with E-state index in [0.717, 1.165) is 24.3 Å². The quantitative estimate of drug-likeness (QED) is 0.823. The standard InChI is InChI=1S/C17H18O2/c1-13(16-11-12-18-16)19-17-10-6-5-9-15(17)14-7-3-2-4-8-14/h2-10,13,16H,11-12H2,1H3. The molecule has 1 aliphatic heterocycles. The molecule has 2 unspecified atom stereocenters. The molecule has 1 fully saturated rings. The second-order valence-electron chi connectivity index (χ2n) is 4.88. The molecule has 1 saturated heterocycles. The first-order chi connectivity index (χ1) is 9.34. The van der Waals surface area contributed by atoms with Crippen molar-refractivity contribution < 1.29 is 9.47 Å². The minimum absolute atomic E-state index is 0.0959. The molecule has 0 aromatic heterocycles. The van der Waals surface area contributed by atoms with Crippen LogP contribution in [-0.4, -0.2) is 18.8 Å². The molecule has 2 atom stereocenters. The van der Waals surface area contributed by atoms with Crippen LogP contribution in [0.4, 0.5) is 0 Å². The van der Waals surface area contributed by atoms with Crippen LogP contribution in [0.5, 0.6) is 5.75 Å². The first-order valence-electron chi connectivity index (χ1n) is 6.77. The molecule has 2 aromatic rings. The van der Waals surface area contributed by atoms with Gasteiger partial charge in [0.25, 0.3) is 0 Å². The Bertz CT molecular complexity index is 532. The Balaban J connectivity index is 1.85. The van der Waals surface area contributed by atoms with Gasteiger partial charge in [0.05, 0.1) is 6.10 Å². The molecule has 2 heteroatoms. The predicted octanol–water partition coefficient (Wildman–Crippen LogP) is 3.91. The summed E-state index contributed by atoms with van der Waals surface area (Å²) in [4.78, 5) is 0. The molecule has 2 nitrogen and oxygen atoms in total. The highest BCUT2D eigenvalue weighted by Crippen LogP contribution is 2.31. The van der Waals surface area contributed by atoms with Crippen molar-refractivity contribution in [3.8, 4) is 16.9 Å². The van der Waals surface area contributed by atoms with E-state index in [2.05, 4.69) is 25.1 Å². The first-order valence-corrected chi connectivity index (χ1v) is 6.77. The molecule has 0 bridgehead atoms. The fraction of sp³-hybridized carbons (Fsp3) is 0.294. The van der Waals surface area contributed by atoms with Crippen LogP contribution < -0.4 is 4.74 Å². The number of rotatable bonds is 4. The third-order valence-corrected chi connectivity index (χ3v) is 3.54. The molecule has 3 rings (SSSR count). The van der Waals surface area contributed by atoms with E-state index in [1.807, 2.05) is 36.4 Å². The Labute approximate surface area is 114 Å². The topological polar surface area (TPSA) is 18.5 Å². The fourth-order valence-electron chi connectivity index (χ4n) is 2.33. The van der Waals surface area contributed by atoms with E-state index in [-0.39, 0.29) is 12.2 Å². The zero-order chi connectivity index (χ0) is 13.1. The van der Waals surface area contributed by atoms with Gasteiger partial charge >= 0.3 is 0 Å². The minimum Gasteiger partial charge on any atom is -0.487 e. The Morgan fingerprint density at radius 1 is 1.05 bits per heavy atom. The highest BCUT2D eigenvalue weighted by Gasteiger charge is 2.26. The van der Waals surface area contributed by atoms with Crippen LogP contribution in [0.15, 0.2) is 54.6 Å². The van der Waals surface area contributed by atoms with Crippen molar-refractivity contribution in [2.75, 3.05) is 6.61 Å². The van der Waals surface area contributed by atoms with Crippen LogP contribution in [0.2, 0.25) is 0 Å². The van der Waals surface area contributed by atoms with Crippen LogP contribution in [0.25, 0.3) is 11.1 Å². The van der Waals surface area contributed by atoms with Gasteiger partial charge in [-0.25, -0.2) is 0 Å². The molecule has 19 heavy (non-hydrogen) atoms. The van der Waals surface area contributed by atoms with Gasteiger partial charge in [0, 0.05) is 18.6 Å². The van der Waals surface area contributed by atoms with Gasteiger partial charge in [-0.2, -0.15) is 0 Å². The third-order valence-electron chi connectivity index (χ3n) is 3.54. The molecule has 0 N–H and O–H groups in total. The Morgan fingerprint density at radius 2 is 1.74 bits per heavy atom. The largest absolute Gasteiger partial charge is 0.487 e. The molecule has 0 saturated carbocycles. The van der Waals surface area contributed by atoms with Gasteiger partial charge in [0.15, 0.2) is 0 Å². The molecular weight excluding hydrogens is 236 g/mol. The molecule has 0 radical (unpaired) electrons. The number of benzene rings is 2. The van der Waals surface area contributed by atoms with E-state index >= 15 is 0 Å². The third kappa shape index (κ3) is 2.64. The van der Waals surface area contributed by atoms with Crippen molar-refractivity contribution in [1.82, 2.24) is 0 Å². The van der Waals surface area contributed by atoms with Crippen LogP contribution in [0, 0.1) is 0 Å². The van der Waals surface area contributed by atoms with Gasteiger partial charge in [-0.3, -0.25) is 0 Å². The van der Waals surface area contributed by atoms with Crippen LogP contribution in [0.3, 0.4) is 0 Å². The van der Waals surface area contributed by atoms with Crippen molar-refractivity contribution in [3.63, 3.8) is 0 Å². The zero-order valence-corrected chi connectivity index (χ0v) is 11.1. The summed E-state index contributed by atoms with van der Waals surface area (Å²) in [6.45, 7) is 2.93. The summed E-state index contributed by atoms with van der Waals surface area (Å²) in [6.07, 6.45) is 1.43. The molecule has 1 aliphatic rings. The zero-order valence-electron chi connectivity index (χ0n) is 11.1. The average molecular weight is 254 g/mol. The van der Waals surface area contributed by atoms with Gasteiger partial charge in [-0.05, 0) is 18.6 Å². The van der Waals surface area contributed by atoms with Crippen molar-refractivity contribution in [3.05, 3.63) is 54.6 Å². The number of hydrogen-bond donors (Lipinski definition) is 0. The summed E-state index contributed by atoms with van der Waals surface area (Å²) in [5.74, 6) is 0.928. The Morgan fingerprint density at radius 3 is 2.42 bits per heavy atom. The van der Waals surface area contributed by atoms with E-state index in [0.29, 0.717) is 0 Å². The lowest BCUT2D eigenvalue weighted by atomic mass is 10.0. The Kier molecular flexibility index (Phi) is 3.51. The van der Waals surface area contributed by atoms with E-state index in [1.165, 1.54) is 5.56 Å². The minimum atomic E-state index is 0.0959. The van der Waals surface area contributed by atoms with Gasteiger partial charge in [0.2, 0.25) is 0 Å². The smallest absolute Gasteiger partial charge is 0.127 e. The van der Waals surface area contributed by atoms with Gasteiger partial charge in [-0.1, -0.05) is 48.5 Å².